The molecule has 2 aromatic rings. The van der Waals surface area contributed by atoms with E-state index < -0.39 is 5.92 Å². The lowest BCUT2D eigenvalue weighted by atomic mass is 9.76. The zero-order valence-electron chi connectivity index (χ0n) is 22.5. The van der Waals surface area contributed by atoms with E-state index in [4.69, 9.17) is 38.9 Å². The molecule has 9 heteroatoms. The monoisotopic (exact) mass is 520 g/mol. The highest BCUT2D eigenvalue weighted by Crippen LogP contribution is 2.50. The van der Waals surface area contributed by atoms with Gasteiger partial charge in [0.25, 0.3) is 0 Å². The van der Waals surface area contributed by atoms with E-state index in [-0.39, 0.29) is 5.88 Å². The summed E-state index contributed by atoms with van der Waals surface area (Å²) in [6.07, 6.45) is 4.40. The largest absolute Gasteiger partial charge is 0.493 e. The van der Waals surface area contributed by atoms with Crippen molar-refractivity contribution in [3.05, 3.63) is 63.8 Å². The van der Waals surface area contributed by atoms with Crippen LogP contribution in [0.3, 0.4) is 0 Å². The van der Waals surface area contributed by atoms with E-state index in [0.29, 0.717) is 45.8 Å². The van der Waals surface area contributed by atoms with Crippen LogP contribution in [0, 0.1) is 11.3 Å². The van der Waals surface area contributed by atoms with Gasteiger partial charge in [-0.05, 0) is 71.9 Å². The van der Waals surface area contributed by atoms with Gasteiger partial charge in [0, 0.05) is 5.92 Å². The van der Waals surface area contributed by atoms with Crippen LogP contribution in [-0.2, 0) is 4.74 Å². The molecule has 1 heterocycles. The van der Waals surface area contributed by atoms with Gasteiger partial charge in [0.15, 0.2) is 23.0 Å². The second kappa shape index (κ2) is 11.3. The first-order valence-corrected chi connectivity index (χ1v) is 12.1. The Morgan fingerprint density at radius 1 is 0.816 bits per heavy atom. The molecule has 0 bridgehead atoms. The van der Waals surface area contributed by atoms with Gasteiger partial charge in [-0.15, -0.1) is 0 Å². The molecular formula is C29H32N2O7. The minimum atomic E-state index is -0.430. The molecule has 0 amide bonds. The van der Waals surface area contributed by atoms with Gasteiger partial charge in [-0.2, -0.15) is 5.26 Å². The Morgan fingerprint density at radius 2 is 1.34 bits per heavy atom. The molecular weight excluding hydrogens is 488 g/mol. The Morgan fingerprint density at radius 3 is 1.82 bits per heavy atom. The van der Waals surface area contributed by atoms with Gasteiger partial charge in [-0.1, -0.05) is 0 Å². The Kier molecular flexibility index (Phi) is 7.91. The van der Waals surface area contributed by atoms with E-state index in [1.165, 1.54) is 0 Å². The second-order valence-electron chi connectivity index (χ2n) is 8.72. The van der Waals surface area contributed by atoms with Crippen molar-refractivity contribution in [1.82, 2.24) is 0 Å². The van der Waals surface area contributed by atoms with Crippen LogP contribution in [0.25, 0.3) is 6.08 Å². The van der Waals surface area contributed by atoms with Crippen molar-refractivity contribution in [1.29, 1.82) is 5.26 Å². The molecule has 0 unspecified atom stereocenters. The Hall–Kier alpha value is -4.45. The van der Waals surface area contributed by atoms with Gasteiger partial charge in [0.2, 0.25) is 17.4 Å². The summed E-state index contributed by atoms with van der Waals surface area (Å²) in [6, 6.07) is 9.72. The molecule has 9 nitrogen and oxygen atoms in total. The Bertz CT molecular complexity index is 1320. The van der Waals surface area contributed by atoms with Crippen molar-refractivity contribution in [3.8, 4) is 40.6 Å². The van der Waals surface area contributed by atoms with E-state index in [0.717, 1.165) is 41.5 Å². The summed E-state index contributed by atoms with van der Waals surface area (Å²) >= 11 is 0. The average molecular weight is 521 g/mol. The minimum Gasteiger partial charge on any atom is -0.493 e. The fraction of sp³-hybridized carbons (Fsp3) is 0.345. The standard InChI is InChI=1S/C29H32N2O7/c1-32-21-11-16(12-22(33-2)27(21)36-5)10-17-8-7-9-19-25(20(15-30)29(31)38-26(17)19)18-13-23(34-3)28(37-6)24(14-18)35-4/h10-14,25H,7-9,31H2,1-6H3/b17-10+/t25-/m1/s1. The number of hydrogen-bond donors (Lipinski definition) is 1. The maximum absolute atomic E-state index is 10.1. The van der Waals surface area contributed by atoms with Crippen molar-refractivity contribution < 1.29 is 33.2 Å². The molecule has 1 atom stereocenters. The lowest BCUT2D eigenvalue weighted by Gasteiger charge is -2.33. The summed E-state index contributed by atoms with van der Waals surface area (Å²) in [4.78, 5) is 0. The number of hydrogen-bond acceptors (Lipinski definition) is 9. The predicted molar refractivity (Wildman–Crippen MR) is 142 cm³/mol. The van der Waals surface area contributed by atoms with Gasteiger partial charge in [-0.3, -0.25) is 0 Å². The predicted octanol–water partition coefficient (Wildman–Crippen LogP) is 5.07. The SMILES string of the molecule is COc1cc(/C=C2\CCCC3=C2OC(N)=C(C#N)[C@@H]3c2cc(OC)c(OC)c(OC)c2)cc(OC)c1OC. The van der Waals surface area contributed by atoms with Crippen LogP contribution in [-0.4, -0.2) is 42.7 Å². The Balaban J connectivity index is 1.89. The molecule has 0 fully saturated rings. The van der Waals surface area contributed by atoms with Crippen molar-refractivity contribution >= 4 is 6.08 Å². The number of nitriles is 1. The van der Waals surface area contributed by atoms with Crippen molar-refractivity contribution in [2.24, 2.45) is 5.73 Å². The summed E-state index contributed by atoms with van der Waals surface area (Å²) in [7, 11) is 9.40. The molecule has 0 aromatic heterocycles. The maximum Gasteiger partial charge on any atom is 0.205 e. The molecule has 2 aliphatic rings. The van der Waals surface area contributed by atoms with Gasteiger partial charge in [0.05, 0.1) is 42.7 Å². The van der Waals surface area contributed by atoms with Gasteiger partial charge >= 0.3 is 0 Å². The summed E-state index contributed by atoms with van der Waals surface area (Å²) in [5.74, 6) is 3.39. The first-order valence-electron chi connectivity index (χ1n) is 12.1. The first-order chi connectivity index (χ1) is 18.4. The van der Waals surface area contributed by atoms with Crippen molar-refractivity contribution in [2.75, 3.05) is 42.7 Å². The minimum absolute atomic E-state index is 0.0719. The summed E-state index contributed by atoms with van der Waals surface area (Å²) in [5.41, 5.74) is 10.2. The molecule has 2 aromatic carbocycles. The third kappa shape index (κ3) is 4.65. The fourth-order valence-corrected chi connectivity index (χ4v) is 5.07. The Labute approximate surface area is 222 Å². The number of ether oxygens (including phenoxy) is 7. The summed E-state index contributed by atoms with van der Waals surface area (Å²) < 4.78 is 39.3. The lowest BCUT2D eigenvalue weighted by molar-refractivity contribution is 0.276. The van der Waals surface area contributed by atoms with Crippen LogP contribution >= 0.6 is 0 Å². The van der Waals surface area contributed by atoms with Crippen molar-refractivity contribution in [2.45, 2.75) is 25.2 Å². The van der Waals surface area contributed by atoms with E-state index in [2.05, 4.69) is 6.07 Å². The van der Waals surface area contributed by atoms with E-state index in [1.807, 2.05) is 30.3 Å². The van der Waals surface area contributed by atoms with Gasteiger partial charge < -0.3 is 38.9 Å². The third-order valence-corrected chi connectivity index (χ3v) is 6.76. The number of allylic oxidation sites excluding steroid dienone is 3. The zero-order chi connectivity index (χ0) is 27.4. The highest BCUT2D eigenvalue weighted by Gasteiger charge is 2.36. The second-order valence-corrected chi connectivity index (χ2v) is 8.72. The first kappa shape index (κ1) is 26.6. The van der Waals surface area contributed by atoms with Crippen LogP contribution < -0.4 is 34.2 Å². The quantitative estimate of drug-likeness (QED) is 0.510. The normalized spacial score (nSPS) is 17.8. The van der Waals surface area contributed by atoms with Crippen molar-refractivity contribution in [3.63, 3.8) is 0 Å². The lowest BCUT2D eigenvalue weighted by Crippen LogP contribution is -2.24. The van der Waals surface area contributed by atoms with E-state index in [9.17, 15) is 5.26 Å². The third-order valence-electron chi connectivity index (χ3n) is 6.76. The molecule has 2 N–H and O–H groups in total. The highest BCUT2D eigenvalue weighted by atomic mass is 16.5. The zero-order valence-corrected chi connectivity index (χ0v) is 22.5. The molecule has 38 heavy (non-hydrogen) atoms. The molecule has 4 rings (SSSR count). The van der Waals surface area contributed by atoms with Gasteiger partial charge in [0.1, 0.15) is 17.4 Å². The number of nitrogens with two attached hydrogens (primary N) is 1. The molecule has 1 aliphatic carbocycles. The van der Waals surface area contributed by atoms with Crippen LogP contribution in [0.2, 0.25) is 0 Å². The average Bonchev–Trinajstić information content (AvgIpc) is 2.95. The summed E-state index contributed by atoms with van der Waals surface area (Å²) in [5, 5.41) is 10.1. The smallest absolute Gasteiger partial charge is 0.205 e. The summed E-state index contributed by atoms with van der Waals surface area (Å²) in [6.45, 7) is 0. The molecule has 200 valence electrons. The molecule has 0 radical (unpaired) electrons. The molecule has 1 aliphatic heterocycles. The fourth-order valence-electron chi connectivity index (χ4n) is 5.07. The number of nitrogens with zero attached hydrogens (tertiary/aromatic N) is 1. The topological polar surface area (TPSA) is 114 Å². The number of methoxy groups -OCH3 is 6. The van der Waals surface area contributed by atoms with Crippen LogP contribution in [0.5, 0.6) is 34.5 Å². The van der Waals surface area contributed by atoms with Crippen LogP contribution in [0.15, 0.2) is 52.6 Å². The number of rotatable bonds is 8. The molecule has 0 saturated carbocycles. The maximum atomic E-state index is 10.1. The molecule has 0 spiro atoms. The van der Waals surface area contributed by atoms with Gasteiger partial charge in [-0.25, -0.2) is 0 Å². The molecule has 0 saturated heterocycles. The van der Waals surface area contributed by atoms with Crippen LogP contribution in [0.1, 0.15) is 36.3 Å². The number of benzene rings is 2. The van der Waals surface area contributed by atoms with E-state index in [1.54, 1.807) is 42.7 Å². The van der Waals surface area contributed by atoms with E-state index >= 15 is 0 Å². The van der Waals surface area contributed by atoms with Crippen LogP contribution in [0.4, 0.5) is 0 Å². The highest BCUT2D eigenvalue weighted by molar-refractivity contribution is 5.68.